The fourth-order valence-corrected chi connectivity index (χ4v) is 3.78. The average molecular weight is 434 g/mol. The van der Waals surface area contributed by atoms with Crippen LogP contribution in [-0.4, -0.2) is 43.1 Å². The van der Waals surface area contributed by atoms with Crippen LogP contribution >= 0.6 is 11.6 Å². The molecule has 0 spiro atoms. The summed E-state index contributed by atoms with van der Waals surface area (Å²) in [6.07, 6.45) is 1.36. The van der Waals surface area contributed by atoms with E-state index < -0.39 is 11.9 Å². The topological polar surface area (TPSA) is 70.7 Å². The molecule has 1 saturated heterocycles. The Morgan fingerprint density at radius 2 is 1.80 bits per heavy atom. The van der Waals surface area contributed by atoms with Crippen molar-refractivity contribution in [3.8, 4) is 0 Å². The van der Waals surface area contributed by atoms with E-state index in [1.807, 2.05) is 30.3 Å². The van der Waals surface area contributed by atoms with Gasteiger partial charge < -0.3 is 15.4 Å². The number of carbonyl (C=O) groups excluding carboxylic acids is 2. The Kier molecular flexibility index (Phi) is 8.04. The molecule has 0 radical (unpaired) electrons. The standard InChI is InChI=1S/C22H25ClFN3O3/c23-17-9-6-10-18(24)21(17)19(27-11-4-5-12-27)13-25-20(28)14-26-22(29)30-15-16-7-2-1-3-8-16/h1-3,6-10,19H,4-5,11-15H2,(H,25,28)(H,26,29). The lowest BCUT2D eigenvalue weighted by Gasteiger charge is -2.29. The van der Waals surface area contributed by atoms with Crippen molar-refractivity contribution in [2.24, 2.45) is 0 Å². The van der Waals surface area contributed by atoms with Crippen molar-refractivity contribution in [2.45, 2.75) is 25.5 Å². The predicted molar refractivity (Wildman–Crippen MR) is 113 cm³/mol. The number of halogens is 2. The molecule has 0 aromatic heterocycles. The summed E-state index contributed by atoms with van der Waals surface area (Å²) in [7, 11) is 0. The largest absolute Gasteiger partial charge is 0.445 e. The summed E-state index contributed by atoms with van der Waals surface area (Å²) in [4.78, 5) is 26.1. The van der Waals surface area contributed by atoms with Gasteiger partial charge in [0.1, 0.15) is 12.4 Å². The van der Waals surface area contributed by atoms with Crippen LogP contribution < -0.4 is 10.6 Å². The average Bonchev–Trinajstić information content (AvgIpc) is 3.28. The SMILES string of the molecule is O=C(CNC(=O)OCc1ccccc1)NCC(c1c(F)cccc1Cl)N1CCCC1. The second-order valence-electron chi connectivity index (χ2n) is 7.11. The minimum atomic E-state index is -0.678. The molecule has 2 N–H and O–H groups in total. The molecule has 8 heteroatoms. The van der Waals surface area contributed by atoms with Crippen molar-refractivity contribution in [2.75, 3.05) is 26.2 Å². The summed E-state index contributed by atoms with van der Waals surface area (Å²) in [6, 6.07) is 13.5. The monoisotopic (exact) mass is 433 g/mol. The van der Waals surface area contributed by atoms with Gasteiger partial charge in [0, 0.05) is 17.1 Å². The van der Waals surface area contributed by atoms with Crippen LogP contribution in [0.3, 0.4) is 0 Å². The van der Waals surface area contributed by atoms with Gasteiger partial charge in [0.2, 0.25) is 5.91 Å². The van der Waals surface area contributed by atoms with Gasteiger partial charge in [-0.2, -0.15) is 0 Å². The highest BCUT2D eigenvalue weighted by molar-refractivity contribution is 6.31. The second kappa shape index (κ2) is 10.9. The molecule has 2 aromatic rings. The number of carbonyl (C=O) groups is 2. The molecule has 1 heterocycles. The molecule has 3 rings (SSSR count). The van der Waals surface area contributed by atoms with E-state index in [4.69, 9.17) is 16.3 Å². The van der Waals surface area contributed by atoms with Gasteiger partial charge in [-0.25, -0.2) is 9.18 Å². The summed E-state index contributed by atoms with van der Waals surface area (Å²) >= 11 is 6.25. The van der Waals surface area contributed by atoms with E-state index in [0.29, 0.717) is 10.6 Å². The Bertz CT molecular complexity index is 840. The summed E-state index contributed by atoms with van der Waals surface area (Å²) < 4.78 is 19.5. The Morgan fingerprint density at radius 1 is 1.07 bits per heavy atom. The molecule has 2 aromatic carbocycles. The van der Waals surface area contributed by atoms with Crippen molar-refractivity contribution < 1.29 is 18.7 Å². The molecule has 1 aliphatic rings. The van der Waals surface area contributed by atoms with Crippen molar-refractivity contribution in [3.63, 3.8) is 0 Å². The molecule has 0 saturated carbocycles. The van der Waals surface area contributed by atoms with Gasteiger partial charge >= 0.3 is 6.09 Å². The van der Waals surface area contributed by atoms with E-state index in [-0.39, 0.29) is 31.6 Å². The van der Waals surface area contributed by atoms with Crippen LogP contribution in [0.15, 0.2) is 48.5 Å². The number of ether oxygens (including phenoxy) is 1. The van der Waals surface area contributed by atoms with E-state index in [1.165, 1.54) is 6.07 Å². The lowest BCUT2D eigenvalue weighted by atomic mass is 10.0. The fourth-order valence-electron chi connectivity index (χ4n) is 3.50. The molecular weight excluding hydrogens is 409 g/mol. The molecular formula is C22H25ClFN3O3. The van der Waals surface area contributed by atoms with E-state index in [2.05, 4.69) is 15.5 Å². The number of likely N-dealkylation sites (tertiary alicyclic amines) is 1. The van der Waals surface area contributed by atoms with E-state index in [1.54, 1.807) is 12.1 Å². The highest BCUT2D eigenvalue weighted by Crippen LogP contribution is 2.31. The number of benzene rings is 2. The zero-order valence-corrected chi connectivity index (χ0v) is 17.3. The van der Waals surface area contributed by atoms with Crippen molar-refractivity contribution >= 4 is 23.6 Å². The van der Waals surface area contributed by atoms with Crippen LogP contribution in [0.2, 0.25) is 5.02 Å². The lowest BCUT2D eigenvalue weighted by molar-refractivity contribution is -0.120. The van der Waals surface area contributed by atoms with Crippen molar-refractivity contribution in [1.82, 2.24) is 15.5 Å². The number of hydrogen-bond acceptors (Lipinski definition) is 4. The molecule has 6 nitrogen and oxygen atoms in total. The van der Waals surface area contributed by atoms with Gasteiger partial charge in [0.15, 0.2) is 0 Å². The van der Waals surface area contributed by atoms with Crippen LogP contribution in [0.25, 0.3) is 0 Å². The summed E-state index contributed by atoms with van der Waals surface area (Å²) in [5.74, 6) is -0.778. The van der Waals surface area contributed by atoms with Crippen molar-refractivity contribution in [1.29, 1.82) is 0 Å². The molecule has 0 bridgehead atoms. The van der Waals surface area contributed by atoms with Crippen molar-refractivity contribution in [3.05, 3.63) is 70.5 Å². The lowest BCUT2D eigenvalue weighted by Crippen LogP contribution is -2.42. The Balaban J connectivity index is 1.50. The van der Waals surface area contributed by atoms with Gasteiger partial charge in [0.05, 0.1) is 12.6 Å². The van der Waals surface area contributed by atoms with E-state index in [9.17, 15) is 14.0 Å². The third kappa shape index (κ3) is 6.18. The number of nitrogens with zero attached hydrogens (tertiary/aromatic N) is 1. The van der Waals surface area contributed by atoms with Gasteiger partial charge in [-0.3, -0.25) is 9.69 Å². The Hall–Kier alpha value is -2.64. The van der Waals surface area contributed by atoms with E-state index in [0.717, 1.165) is 31.5 Å². The maximum atomic E-state index is 14.5. The minimum absolute atomic E-state index is 0.122. The minimum Gasteiger partial charge on any atom is -0.445 e. The maximum absolute atomic E-state index is 14.5. The first kappa shape index (κ1) is 22.1. The molecule has 30 heavy (non-hydrogen) atoms. The maximum Gasteiger partial charge on any atom is 0.407 e. The zero-order chi connectivity index (χ0) is 21.3. The quantitative estimate of drug-likeness (QED) is 0.666. The van der Waals surface area contributed by atoms with Gasteiger partial charge in [-0.1, -0.05) is 48.0 Å². The number of rotatable bonds is 8. The van der Waals surface area contributed by atoms with Crippen LogP contribution in [-0.2, 0) is 16.1 Å². The number of nitrogens with one attached hydrogen (secondary N) is 2. The fraction of sp³-hybridized carbons (Fsp3) is 0.364. The highest BCUT2D eigenvalue weighted by atomic mass is 35.5. The van der Waals surface area contributed by atoms with Gasteiger partial charge in [-0.15, -0.1) is 0 Å². The molecule has 2 amide bonds. The summed E-state index contributed by atoms with van der Waals surface area (Å²) in [6.45, 7) is 1.72. The number of hydrogen-bond donors (Lipinski definition) is 2. The van der Waals surface area contributed by atoms with Gasteiger partial charge in [0.25, 0.3) is 0 Å². The first-order chi connectivity index (χ1) is 14.5. The molecule has 160 valence electrons. The third-order valence-corrected chi connectivity index (χ3v) is 5.34. The first-order valence-corrected chi connectivity index (χ1v) is 10.3. The van der Waals surface area contributed by atoms with Gasteiger partial charge in [-0.05, 0) is 43.6 Å². The van der Waals surface area contributed by atoms with E-state index >= 15 is 0 Å². The number of alkyl carbamates (subject to hydrolysis) is 1. The predicted octanol–water partition coefficient (Wildman–Crippen LogP) is 3.66. The highest BCUT2D eigenvalue weighted by Gasteiger charge is 2.28. The van der Waals surface area contributed by atoms with Crippen LogP contribution in [0.5, 0.6) is 0 Å². The molecule has 1 aliphatic heterocycles. The third-order valence-electron chi connectivity index (χ3n) is 5.01. The van der Waals surface area contributed by atoms with Crippen LogP contribution in [0, 0.1) is 5.82 Å². The summed E-state index contributed by atoms with van der Waals surface area (Å²) in [5, 5.41) is 5.52. The smallest absolute Gasteiger partial charge is 0.407 e. The molecule has 1 unspecified atom stereocenters. The molecule has 1 fully saturated rings. The summed E-state index contributed by atoms with van der Waals surface area (Å²) in [5.41, 5.74) is 1.24. The Labute approximate surface area is 180 Å². The first-order valence-electron chi connectivity index (χ1n) is 9.94. The molecule has 1 atom stereocenters. The normalized spacial score (nSPS) is 14.9. The second-order valence-corrected chi connectivity index (χ2v) is 7.52. The van der Waals surface area contributed by atoms with Crippen LogP contribution in [0.1, 0.15) is 30.0 Å². The van der Waals surface area contributed by atoms with Crippen LogP contribution in [0.4, 0.5) is 9.18 Å². The number of amides is 2. The molecule has 0 aliphatic carbocycles. The Morgan fingerprint density at radius 3 is 2.50 bits per heavy atom. The zero-order valence-electron chi connectivity index (χ0n) is 16.6.